The summed E-state index contributed by atoms with van der Waals surface area (Å²) < 4.78 is 5.00. The molecule has 2 heterocycles. The highest BCUT2D eigenvalue weighted by molar-refractivity contribution is 7.13. The summed E-state index contributed by atoms with van der Waals surface area (Å²) in [5.41, 5.74) is 1.01. The van der Waals surface area contributed by atoms with Crippen LogP contribution in [0.15, 0.2) is 29.6 Å². The highest BCUT2D eigenvalue weighted by Crippen LogP contribution is 2.18. The number of nitrogens with zero attached hydrogens (tertiary/aromatic N) is 4. The molecule has 1 aromatic carbocycles. The first-order chi connectivity index (χ1) is 17.3. The number of anilines is 1. The van der Waals surface area contributed by atoms with Crippen LogP contribution in [0.5, 0.6) is 0 Å². The molecule has 0 radical (unpaired) electrons. The molecule has 0 aliphatic carbocycles. The number of hydrogen-bond donors (Lipinski definition) is 1. The van der Waals surface area contributed by atoms with Crippen molar-refractivity contribution in [1.29, 1.82) is 0 Å². The monoisotopic (exact) mass is 535 g/mol. The number of nitrogens with one attached hydrogen (secondary N) is 1. The Hall–Kier alpha value is -3.18. The van der Waals surface area contributed by atoms with Gasteiger partial charge in [0.15, 0.2) is 5.13 Å². The van der Waals surface area contributed by atoms with Gasteiger partial charge < -0.3 is 24.8 Å². The zero-order valence-corrected chi connectivity index (χ0v) is 21.9. The van der Waals surface area contributed by atoms with Crippen LogP contribution in [0.3, 0.4) is 0 Å². The lowest BCUT2D eigenvalue weighted by atomic mass is 10.2. The van der Waals surface area contributed by atoms with E-state index in [-0.39, 0.29) is 36.8 Å². The topological polar surface area (TPSA) is 112 Å². The fourth-order valence-electron chi connectivity index (χ4n) is 3.70. The lowest BCUT2D eigenvalue weighted by Crippen LogP contribution is -2.51. The van der Waals surface area contributed by atoms with Gasteiger partial charge in [-0.05, 0) is 37.6 Å². The predicted octanol–water partition coefficient (Wildman–Crippen LogP) is 3.13. The van der Waals surface area contributed by atoms with Gasteiger partial charge in [0.1, 0.15) is 6.54 Å². The van der Waals surface area contributed by atoms with Crippen molar-refractivity contribution in [3.8, 4) is 0 Å². The summed E-state index contributed by atoms with van der Waals surface area (Å²) in [5.74, 6) is -0.713. The third-order valence-corrected chi connectivity index (χ3v) is 6.55. The summed E-state index contributed by atoms with van der Waals surface area (Å²) >= 11 is 7.12. The largest absolute Gasteiger partial charge is 0.450 e. The number of piperazine rings is 1. The number of ether oxygens (including phenoxy) is 1. The Labute approximate surface area is 219 Å². The maximum Gasteiger partial charge on any atom is 0.409 e. The lowest BCUT2D eigenvalue weighted by molar-refractivity contribution is -0.132. The van der Waals surface area contributed by atoms with Gasteiger partial charge in [-0.15, -0.1) is 11.3 Å². The van der Waals surface area contributed by atoms with Crippen LogP contribution in [0, 0.1) is 0 Å². The number of thiazole rings is 1. The number of carbonyl (C=O) groups excluding carboxylic acids is 4. The van der Waals surface area contributed by atoms with Crippen molar-refractivity contribution in [1.82, 2.24) is 19.7 Å². The van der Waals surface area contributed by atoms with Crippen molar-refractivity contribution >= 4 is 51.9 Å². The molecule has 3 rings (SSSR count). The van der Waals surface area contributed by atoms with Gasteiger partial charge in [-0.2, -0.15) is 0 Å². The fraction of sp³-hybridized carbons (Fsp3) is 0.458. The molecule has 2 aromatic rings. The van der Waals surface area contributed by atoms with Crippen LogP contribution in [0.2, 0.25) is 5.02 Å². The van der Waals surface area contributed by atoms with E-state index in [1.807, 2.05) is 6.92 Å². The maximum atomic E-state index is 12.8. The second-order valence-corrected chi connectivity index (χ2v) is 9.46. The normalized spacial score (nSPS) is 13.3. The van der Waals surface area contributed by atoms with E-state index in [0.717, 1.165) is 0 Å². The molecule has 4 amide bonds. The molecule has 194 valence electrons. The molecule has 0 bridgehead atoms. The van der Waals surface area contributed by atoms with Crippen LogP contribution in [0.1, 0.15) is 36.3 Å². The molecular formula is C24H30ClN5O5S. The summed E-state index contributed by atoms with van der Waals surface area (Å²) in [6.07, 6.45) is 0.435. The fourth-order valence-corrected chi connectivity index (χ4v) is 4.55. The van der Waals surface area contributed by atoms with Gasteiger partial charge in [0.25, 0.3) is 5.91 Å². The van der Waals surface area contributed by atoms with Gasteiger partial charge in [0, 0.05) is 48.7 Å². The minimum absolute atomic E-state index is 0.0932. The van der Waals surface area contributed by atoms with Gasteiger partial charge in [-0.1, -0.05) is 18.5 Å². The van der Waals surface area contributed by atoms with E-state index in [4.69, 9.17) is 16.3 Å². The van der Waals surface area contributed by atoms with E-state index in [2.05, 4.69) is 10.3 Å². The zero-order valence-electron chi connectivity index (χ0n) is 20.4. The minimum atomic E-state index is -0.368. The molecule has 0 unspecified atom stereocenters. The number of amides is 4. The standard InChI is InChI=1S/C24H30ClN5O5S/c1-3-9-30(22(33)17-5-7-18(25)8-6-17)15-20(31)27-23-26-19(16-36-23)14-21(32)28-10-12-29(13-11-28)24(34)35-4-2/h5-8,16H,3-4,9-15H2,1-2H3,(H,26,27,31). The Morgan fingerprint density at radius 2 is 1.75 bits per heavy atom. The number of rotatable bonds is 9. The molecule has 0 saturated carbocycles. The molecule has 1 aliphatic heterocycles. The average Bonchev–Trinajstić information content (AvgIpc) is 3.30. The Morgan fingerprint density at radius 1 is 1.08 bits per heavy atom. The summed E-state index contributed by atoms with van der Waals surface area (Å²) in [5, 5.41) is 5.34. The number of aromatic nitrogens is 1. The molecule has 0 atom stereocenters. The van der Waals surface area contributed by atoms with Crippen LogP contribution >= 0.6 is 22.9 Å². The summed E-state index contributed by atoms with van der Waals surface area (Å²) in [7, 11) is 0. The van der Waals surface area contributed by atoms with E-state index in [9.17, 15) is 19.2 Å². The molecule has 1 saturated heterocycles. The lowest BCUT2D eigenvalue weighted by Gasteiger charge is -2.34. The van der Waals surface area contributed by atoms with Crippen LogP contribution in [-0.4, -0.2) is 89.4 Å². The molecule has 36 heavy (non-hydrogen) atoms. The van der Waals surface area contributed by atoms with E-state index < -0.39 is 0 Å². The van der Waals surface area contributed by atoms with E-state index in [0.29, 0.717) is 67.2 Å². The molecule has 10 nitrogen and oxygen atoms in total. The Morgan fingerprint density at radius 3 is 2.39 bits per heavy atom. The molecule has 0 spiro atoms. The van der Waals surface area contributed by atoms with Crippen molar-refractivity contribution in [2.75, 3.05) is 51.2 Å². The van der Waals surface area contributed by atoms with Crippen molar-refractivity contribution < 1.29 is 23.9 Å². The van der Waals surface area contributed by atoms with Crippen LogP contribution in [0.4, 0.5) is 9.93 Å². The average molecular weight is 536 g/mol. The van der Waals surface area contributed by atoms with E-state index in [1.54, 1.807) is 46.4 Å². The van der Waals surface area contributed by atoms with Crippen LogP contribution < -0.4 is 5.32 Å². The summed E-state index contributed by atoms with van der Waals surface area (Å²) in [4.78, 5) is 59.0. The minimum Gasteiger partial charge on any atom is -0.450 e. The Balaban J connectivity index is 1.50. The molecule has 1 fully saturated rings. The van der Waals surface area contributed by atoms with Crippen LogP contribution in [0.25, 0.3) is 0 Å². The zero-order chi connectivity index (χ0) is 26.1. The van der Waals surface area contributed by atoms with Gasteiger partial charge in [-0.3, -0.25) is 14.4 Å². The first kappa shape index (κ1) is 27.4. The predicted molar refractivity (Wildman–Crippen MR) is 137 cm³/mol. The van der Waals surface area contributed by atoms with E-state index >= 15 is 0 Å². The maximum absolute atomic E-state index is 12.8. The molecular weight excluding hydrogens is 506 g/mol. The highest BCUT2D eigenvalue weighted by Gasteiger charge is 2.25. The summed E-state index contributed by atoms with van der Waals surface area (Å²) in [6, 6.07) is 6.54. The number of benzene rings is 1. The third-order valence-electron chi connectivity index (χ3n) is 5.50. The SMILES string of the molecule is CCCN(CC(=O)Nc1nc(CC(=O)N2CCN(C(=O)OCC)CC2)cs1)C(=O)c1ccc(Cl)cc1. The molecule has 1 N–H and O–H groups in total. The van der Waals surface area contributed by atoms with Gasteiger partial charge in [0.05, 0.1) is 18.7 Å². The molecule has 1 aromatic heterocycles. The number of halogens is 1. The second kappa shape index (κ2) is 13.2. The summed E-state index contributed by atoms with van der Waals surface area (Å²) in [6.45, 7) is 6.02. The first-order valence-corrected chi connectivity index (χ1v) is 13.0. The highest BCUT2D eigenvalue weighted by atomic mass is 35.5. The van der Waals surface area contributed by atoms with Crippen molar-refractivity contribution in [2.24, 2.45) is 0 Å². The van der Waals surface area contributed by atoms with Gasteiger partial charge >= 0.3 is 6.09 Å². The number of hydrogen-bond acceptors (Lipinski definition) is 7. The third kappa shape index (κ3) is 7.66. The van der Waals surface area contributed by atoms with Crippen LogP contribution in [-0.2, 0) is 20.7 Å². The van der Waals surface area contributed by atoms with Gasteiger partial charge in [-0.25, -0.2) is 9.78 Å². The van der Waals surface area contributed by atoms with Crippen molar-refractivity contribution in [3.63, 3.8) is 0 Å². The molecule has 12 heteroatoms. The Kier molecular flexibility index (Phi) is 10.1. The van der Waals surface area contributed by atoms with Crippen molar-refractivity contribution in [2.45, 2.75) is 26.7 Å². The smallest absolute Gasteiger partial charge is 0.409 e. The van der Waals surface area contributed by atoms with Crippen molar-refractivity contribution in [3.05, 3.63) is 45.9 Å². The first-order valence-electron chi connectivity index (χ1n) is 11.8. The van der Waals surface area contributed by atoms with E-state index in [1.165, 1.54) is 16.2 Å². The molecule has 1 aliphatic rings. The quantitative estimate of drug-likeness (QED) is 0.528. The van der Waals surface area contributed by atoms with Gasteiger partial charge in [0.2, 0.25) is 11.8 Å². The number of carbonyl (C=O) groups is 4. The Bertz CT molecular complexity index is 1070. The second-order valence-electron chi connectivity index (χ2n) is 8.17.